The van der Waals surface area contributed by atoms with Crippen molar-refractivity contribution in [1.29, 1.82) is 0 Å². The molecule has 2 aromatic rings. The quantitative estimate of drug-likeness (QED) is 0.513. The summed E-state index contributed by atoms with van der Waals surface area (Å²) in [5.41, 5.74) is 0.364. The molecule has 4 amide bonds. The van der Waals surface area contributed by atoms with E-state index in [2.05, 4.69) is 16.0 Å². The largest absolute Gasteiger partial charge is 0.444 e. The van der Waals surface area contributed by atoms with Gasteiger partial charge in [0.05, 0.1) is 15.8 Å². The Hall–Kier alpha value is -3.15. The predicted molar refractivity (Wildman–Crippen MR) is 133 cm³/mol. The molecule has 3 rings (SSSR count). The Bertz CT molecular complexity index is 1080. The van der Waals surface area contributed by atoms with E-state index in [1.54, 1.807) is 62.1 Å². The SMILES string of the molecule is CC(C)(C)OC(=O)NC(CNC(=O)c1ccc(Cl)s1)C(=O)Nc1ccc(N2CCOCC2=O)cc1. The first-order valence-corrected chi connectivity index (χ1v) is 12.0. The number of morpholine rings is 1. The van der Waals surface area contributed by atoms with Crippen molar-refractivity contribution in [2.45, 2.75) is 32.4 Å². The van der Waals surface area contributed by atoms with E-state index < -0.39 is 29.6 Å². The third-order valence-electron chi connectivity index (χ3n) is 4.70. The van der Waals surface area contributed by atoms with Crippen molar-refractivity contribution in [3.05, 3.63) is 45.6 Å². The number of carbonyl (C=O) groups is 4. The Morgan fingerprint density at radius 3 is 2.49 bits per heavy atom. The highest BCUT2D eigenvalue weighted by Crippen LogP contribution is 2.21. The number of hydrogen-bond acceptors (Lipinski definition) is 7. The van der Waals surface area contributed by atoms with Crippen LogP contribution in [0.2, 0.25) is 4.34 Å². The molecule has 1 unspecified atom stereocenters. The van der Waals surface area contributed by atoms with E-state index in [9.17, 15) is 19.2 Å². The van der Waals surface area contributed by atoms with E-state index in [0.717, 1.165) is 11.3 Å². The molecule has 2 heterocycles. The maximum Gasteiger partial charge on any atom is 0.408 e. The van der Waals surface area contributed by atoms with Gasteiger partial charge in [0.25, 0.3) is 11.8 Å². The second-order valence-corrected chi connectivity index (χ2v) is 10.4. The molecule has 3 N–H and O–H groups in total. The molecule has 10 nitrogen and oxygen atoms in total. The monoisotopic (exact) mass is 522 g/mol. The summed E-state index contributed by atoms with van der Waals surface area (Å²) in [6.07, 6.45) is -0.799. The van der Waals surface area contributed by atoms with Gasteiger partial charge in [0.2, 0.25) is 5.91 Å². The second-order valence-electron chi connectivity index (χ2n) is 8.65. The van der Waals surface area contributed by atoms with Gasteiger partial charge in [0.1, 0.15) is 18.2 Å². The molecule has 35 heavy (non-hydrogen) atoms. The molecule has 1 aromatic carbocycles. The van der Waals surface area contributed by atoms with Crippen LogP contribution in [0.3, 0.4) is 0 Å². The summed E-state index contributed by atoms with van der Waals surface area (Å²) in [5.74, 6) is -1.13. The zero-order chi connectivity index (χ0) is 25.6. The van der Waals surface area contributed by atoms with E-state index >= 15 is 0 Å². The van der Waals surface area contributed by atoms with E-state index in [1.165, 1.54) is 0 Å². The van der Waals surface area contributed by atoms with Gasteiger partial charge in [-0.3, -0.25) is 14.4 Å². The topological polar surface area (TPSA) is 126 Å². The lowest BCUT2D eigenvalue weighted by atomic mass is 10.2. The van der Waals surface area contributed by atoms with E-state index in [-0.39, 0.29) is 19.1 Å². The summed E-state index contributed by atoms with van der Waals surface area (Å²) in [6.45, 7) is 5.84. The van der Waals surface area contributed by atoms with Gasteiger partial charge in [0.15, 0.2) is 0 Å². The van der Waals surface area contributed by atoms with E-state index in [1.807, 2.05) is 0 Å². The molecule has 0 spiro atoms. The molecule has 12 heteroatoms. The molecule has 0 radical (unpaired) electrons. The highest BCUT2D eigenvalue weighted by Gasteiger charge is 2.26. The molecule has 1 aliphatic heterocycles. The number of anilines is 2. The lowest BCUT2D eigenvalue weighted by Gasteiger charge is -2.27. The molecular formula is C23H27ClN4O6S. The van der Waals surface area contributed by atoms with Gasteiger partial charge in [-0.05, 0) is 57.2 Å². The molecule has 188 valence electrons. The van der Waals surface area contributed by atoms with Crippen LogP contribution in [0, 0.1) is 0 Å². The first-order chi connectivity index (χ1) is 16.5. The Kier molecular flexibility index (Phi) is 8.71. The van der Waals surface area contributed by atoms with Crippen LogP contribution in [0.4, 0.5) is 16.2 Å². The summed E-state index contributed by atoms with van der Waals surface area (Å²) in [7, 11) is 0. The number of rotatable bonds is 7. The number of nitrogens with one attached hydrogen (secondary N) is 3. The average Bonchev–Trinajstić information content (AvgIpc) is 3.22. The van der Waals surface area contributed by atoms with E-state index in [0.29, 0.717) is 33.7 Å². The van der Waals surface area contributed by atoms with Crippen LogP contribution in [0.1, 0.15) is 30.4 Å². The van der Waals surface area contributed by atoms with E-state index in [4.69, 9.17) is 21.1 Å². The Morgan fingerprint density at radius 2 is 1.89 bits per heavy atom. The second kappa shape index (κ2) is 11.5. The number of benzene rings is 1. The Balaban J connectivity index is 1.66. The van der Waals surface area contributed by atoms with Crippen LogP contribution < -0.4 is 20.9 Å². The van der Waals surface area contributed by atoms with Crippen molar-refractivity contribution >= 4 is 58.1 Å². The number of ether oxygens (including phenoxy) is 2. The number of amides is 4. The molecule has 0 bridgehead atoms. The zero-order valence-corrected chi connectivity index (χ0v) is 21.1. The van der Waals surface area contributed by atoms with Crippen molar-refractivity contribution in [2.75, 3.05) is 36.5 Å². The molecule has 1 saturated heterocycles. The standard InChI is InChI=1S/C23H27ClN4O6S/c1-23(2,3)34-22(32)27-16(12-25-21(31)17-8-9-18(24)35-17)20(30)26-14-4-6-15(7-5-14)28-10-11-33-13-19(28)29/h4-9,16H,10-13H2,1-3H3,(H,25,31)(H,26,30)(H,27,32). The minimum Gasteiger partial charge on any atom is -0.444 e. The minimum absolute atomic E-state index is 0.0277. The van der Waals surface area contributed by atoms with Gasteiger partial charge >= 0.3 is 6.09 Å². The molecule has 1 aromatic heterocycles. The van der Waals surface area contributed by atoms with Crippen molar-refractivity contribution in [2.24, 2.45) is 0 Å². The smallest absolute Gasteiger partial charge is 0.408 e. The summed E-state index contributed by atoms with van der Waals surface area (Å²) < 4.78 is 10.8. The Morgan fingerprint density at radius 1 is 1.17 bits per heavy atom. The van der Waals surface area contributed by atoms with Gasteiger partial charge in [-0.1, -0.05) is 11.6 Å². The zero-order valence-electron chi connectivity index (χ0n) is 19.6. The normalized spacial score (nSPS) is 14.7. The number of alkyl carbamates (subject to hydrolysis) is 1. The number of thiophene rings is 1. The highest BCUT2D eigenvalue weighted by atomic mass is 35.5. The molecule has 1 fully saturated rings. The van der Waals surface area contributed by atoms with Crippen LogP contribution in [-0.4, -0.2) is 61.8 Å². The van der Waals surface area contributed by atoms with Gasteiger partial charge in [-0.15, -0.1) is 11.3 Å². The van der Waals surface area contributed by atoms with Crippen LogP contribution in [-0.2, 0) is 19.1 Å². The highest BCUT2D eigenvalue weighted by molar-refractivity contribution is 7.18. The van der Waals surface area contributed by atoms with Crippen molar-refractivity contribution in [3.8, 4) is 0 Å². The van der Waals surface area contributed by atoms with Crippen molar-refractivity contribution in [1.82, 2.24) is 10.6 Å². The predicted octanol–water partition coefficient (Wildman–Crippen LogP) is 3.03. The maximum absolute atomic E-state index is 13.0. The number of hydrogen-bond donors (Lipinski definition) is 3. The lowest BCUT2D eigenvalue weighted by Crippen LogP contribution is -2.51. The fraction of sp³-hybridized carbons (Fsp3) is 0.391. The maximum atomic E-state index is 13.0. The molecule has 1 atom stereocenters. The number of nitrogens with zero attached hydrogens (tertiary/aromatic N) is 1. The summed E-state index contributed by atoms with van der Waals surface area (Å²) in [4.78, 5) is 51.7. The number of halogens is 1. The minimum atomic E-state index is -1.12. The molecular weight excluding hydrogens is 496 g/mol. The van der Waals surface area contributed by atoms with Crippen molar-refractivity contribution in [3.63, 3.8) is 0 Å². The number of carbonyl (C=O) groups excluding carboxylic acids is 4. The van der Waals surface area contributed by atoms with Crippen LogP contribution >= 0.6 is 22.9 Å². The van der Waals surface area contributed by atoms with Crippen LogP contribution in [0.5, 0.6) is 0 Å². The molecule has 1 aliphatic rings. The van der Waals surface area contributed by atoms with Crippen LogP contribution in [0.15, 0.2) is 36.4 Å². The fourth-order valence-corrected chi connectivity index (χ4v) is 4.08. The van der Waals surface area contributed by atoms with Gasteiger partial charge in [0, 0.05) is 24.5 Å². The average molecular weight is 523 g/mol. The molecule has 0 saturated carbocycles. The fourth-order valence-electron chi connectivity index (χ4n) is 3.12. The lowest BCUT2D eigenvalue weighted by molar-refractivity contribution is -0.125. The van der Waals surface area contributed by atoms with Gasteiger partial charge in [-0.25, -0.2) is 4.79 Å². The Labute approximate surface area is 211 Å². The summed E-state index contributed by atoms with van der Waals surface area (Å²) in [5, 5.41) is 7.84. The van der Waals surface area contributed by atoms with Crippen LogP contribution in [0.25, 0.3) is 0 Å². The third-order valence-corrected chi connectivity index (χ3v) is 5.93. The van der Waals surface area contributed by atoms with Crippen molar-refractivity contribution < 1.29 is 28.7 Å². The van der Waals surface area contributed by atoms with Gasteiger partial charge < -0.3 is 30.3 Å². The summed E-state index contributed by atoms with van der Waals surface area (Å²) in [6, 6.07) is 8.75. The van der Waals surface area contributed by atoms with Gasteiger partial charge in [-0.2, -0.15) is 0 Å². The third kappa shape index (κ3) is 7.94. The summed E-state index contributed by atoms with van der Waals surface area (Å²) >= 11 is 6.98. The first kappa shape index (κ1) is 26.5. The molecule has 0 aliphatic carbocycles. The first-order valence-electron chi connectivity index (χ1n) is 10.8.